The van der Waals surface area contributed by atoms with Crippen LogP contribution in [0.4, 0.5) is 0 Å². The molecule has 1 saturated heterocycles. The van der Waals surface area contributed by atoms with E-state index in [1.807, 2.05) is 23.1 Å². The molecule has 0 spiro atoms. The summed E-state index contributed by atoms with van der Waals surface area (Å²) < 4.78 is 23.1. The van der Waals surface area contributed by atoms with Crippen LogP contribution in [-0.4, -0.2) is 55.5 Å². The summed E-state index contributed by atoms with van der Waals surface area (Å²) in [6.07, 6.45) is 0.573. The summed E-state index contributed by atoms with van der Waals surface area (Å²) in [4.78, 5) is 13.4. The van der Waals surface area contributed by atoms with E-state index in [9.17, 15) is 18.3 Å². The molecule has 6 heteroatoms. The van der Waals surface area contributed by atoms with E-state index in [4.69, 9.17) is 0 Å². The van der Waals surface area contributed by atoms with Crippen LogP contribution in [-0.2, 0) is 14.6 Å². The molecule has 1 unspecified atom stereocenters. The van der Waals surface area contributed by atoms with Gasteiger partial charge in [0.15, 0.2) is 9.84 Å². The van der Waals surface area contributed by atoms with Crippen LogP contribution in [0.1, 0.15) is 17.9 Å². The first-order valence-electron chi connectivity index (χ1n) is 6.68. The maximum atomic E-state index is 11.6. The molecule has 0 bridgehead atoms. The van der Waals surface area contributed by atoms with Gasteiger partial charge in [0.25, 0.3) is 0 Å². The number of aliphatic carboxylic acids is 1. The van der Waals surface area contributed by atoms with Crippen LogP contribution in [0.15, 0.2) is 30.3 Å². The number of hydrogen-bond acceptors (Lipinski definition) is 4. The van der Waals surface area contributed by atoms with E-state index in [-0.39, 0.29) is 11.5 Å². The third-order valence-corrected chi connectivity index (χ3v) is 5.30. The number of carboxylic acid groups (broad SMARTS) is 1. The number of hydrogen-bond donors (Lipinski definition) is 1. The number of nitrogens with zero attached hydrogens (tertiary/aromatic N) is 1. The molecule has 1 aromatic rings. The van der Waals surface area contributed by atoms with Crippen LogP contribution in [0.5, 0.6) is 0 Å². The van der Waals surface area contributed by atoms with Crippen molar-refractivity contribution in [2.24, 2.45) is 0 Å². The van der Waals surface area contributed by atoms with Crippen LogP contribution >= 0.6 is 0 Å². The summed E-state index contributed by atoms with van der Waals surface area (Å²) in [5.74, 6) is -1.17. The lowest BCUT2D eigenvalue weighted by atomic mass is 9.98. The lowest BCUT2D eigenvalue weighted by Gasteiger charge is -2.23. The van der Waals surface area contributed by atoms with Gasteiger partial charge in [-0.25, -0.2) is 8.42 Å². The number of rotatable bonds is 4. The minimum Gasteiger partial charge on any atom is -0.481 e. The van der Waals surface area contributed by atoms with Crippen molar-refractivity contribution in [3.05, 3.63) is 35.9 Å². The van der Waals surface area contributed by atoms with E-state index in [2.05, 4.69) is 0 Å². The van der Waals surface area contributed by atoms with Gasteiger partial charge in [0.2, 0.25) is 0 Å². The normalized spacial score (nSPS) is 21.0. The molecule has 1 fully saturated rings. The van der Waals surface area contributed by atoms with Gasteiger partial charge in [0, 0.05) is 13.1 Å². The largest absolute Gasteiger partial charge is 0.481 e. The zero-order valence-electron chi connectivity index (χ0n) is 11.2. The average Bonchev–Trinajstić information content (AvgIpc) is 2.58. The molecular weight excluding hydrogens is 278 g/mol. The summed E-state index contributed by atoms with van der Waals surface area (Å²) in [6.45, 7) is 1.41. The smallest absolute Gasteiger partial charge is 0.312 e. The predicted octanol–water partition coefficient (Wildman–Crippen LogP) is 0.975. The molecule has 0 aromatic heterocycles. The highest BCUT2D eigenvalue weighted by Crippen LogP contribution is 2.18. The van der Waals surface area contributed by atoms with Gasteiger partial charge in [-0.15, -0.1) is 0 Å². The minimum atomic E-state index is -2.96. The van der Waals surface area contributed by atoms with Crippen molar-refractivity contribution in [1.29, 1.82) is 0 Å². The Morgan fingerprint density at radius 1 is 1.20 bits per heavy atom. The molecule has 1 N–H and O–H groups in total. The predicted molar refractivity (Wildman–Crippen MR) is 76.5 cm³/mol. The third kappa shape index (κ3) is 4.05. The maximum absolute atomic E-state index is 11.6. The van der Waals surface area contributed by atoms with E-state index in [1.54, 1.807) is 12.1 Å². The standard InChI is InChI=1S/C14H19NO4S/c16-14(17)13(12-5-2-1-3-6-12)11-15-7-4-9-20(18,19)10-8-15/h1-3,5-6,13H,4,7-11H2,(H,16,17). The van der Waals surface area contributed by atoms with E-state index in [1.165, 1.54) is 0 Å². The van der Waals surface area contributed by atoms with Crippen LogP contribution in [0.25, 0.3) is 0 Å². The second-order valence-corrected chi connectivity index (χ2v) is 7.41. The molecule has 2 rings (SSSR count). The molecule has 0 amide bonds. The first-order chi connectivity index (χ1) is 9.48. The lowest BCUT2D eigenvalue weighted by molar-refractivity contribution is -0.139. The fourth-order valence-corrected chi connectivity index (χ4v) is 3.75. The molecule has 1 atom stereocenters. The van der Waals surface area contributed by atoms with E-state index in [0.717, 1.165) is 5.56 Å². The first kappa shape index (κ1) is 15.0. The monoisotopic (exact) mass is 297 g/mol. The van der Waals surface area contributed by atoms with Gasteiger partial charge in [-0.2, -0.15) is 0 Å². The summed E-state index contributed by atoms with van der Waals surface area (Å²) >= 11 is 0. The van der Waals surface area contributed by atoms with Gasteiger partial charge < -0.3 is 10.0 Å². The Morgan fingerprint density at radius 3 is 2.55 bits per heavy atom. The molecule has 5 nitrogen and oxygen atoms in total. The van der Waals surface area contributed by atoms with Gasteiger partial charge >= 0.3 is 5.97 Å². The van der Waals surface area contributed by atoms with Crippen LogP contribution in [0.3, 0.4) is 0 Å². The van der Waals surface area contributed by atoms with Crippen LogP contribution < -0.4 is 0 Å². The lowest BCUT2D eigenvalue weighted by Crippen LogP contribution is -2.34. The Kier molecular flexibility index (Phi) is 4.77. The molecule has 0 saturated carbocycles. The van der Waals surface area contributed by atoms with Crippen molar-refractivity contribution >= 4 is 15.8 Å². The highest BCUT2D eigenvalue weighted by atomic mass is 32.2. The molecule has 1 heterocycles. The quantitative estimate of drug-likeness (QED) is 0.896. The highest BCUT2D eigenvalue weighted by molar-refractivity contribution is 7.91. The van der Waals surface area contributed by atoms with E-state index in [0.29, 0.717) is 26.1 Å². The molecule has 0 aliphatic carbocycles. The Hall–Kier alpha value is -1.40. The highest BCUT2D eigenvalue weighted by Gasteiger charge is 2.25. The molecule has 0 radical (unpaired) electrons. The summed E-state index contributed by atoms with van der Waals surface area (Å²) in [5, 5.41) is 9.39. The van der Waals surface area contributed by atoms with Crippen molar-refractivity contribution < 1.29 is 18.3 Å². The number of carbonyl (C=O) groups is 1. The minimum absolute atomic E-state index is 0.119. The second kappa shape index (κ2) is 6.37. The Morgan fingerprint density at radius 2 is 1.90 bits per heavy atom. The van der Waals surface area contributed by atoms with Gasteiger partial charge in [-0.3, -0.25) is 4.79 Å². The summed E-state index contributed by atoms with van der Waals surface area (Å²) in [7, 11) is -2.96. The molecular formula is C14H19NO4S. The van der Waals surface area contributed by atoms with Crippen molar-refractivity contribution in [1.82, 2.24) is 4.90 Å². The SMILES string of the molecule is O=C(O)C(CN1CCCS(=O)(=O)CC1)c1ccccc1. The Bertz CT molecular complexity index is 556. The molecule has 1 aliphatic rings. The van der Waals surface area contributed by atoms with E-state index >= 15 is 0 Å². The van der Waals surface area contributed by atoms with E-state index < -0.39 is 21.7 Å². The fourth-order valence-electron chi connectivity index (χ4n) is 2.44. The number of benzene rings is 1. The fraction of sp³-hybridized carbons (Fsp3) is 0.500. The van der Waals surface area contributed by atoms with Gasteiger partial charge in [-0.05, 0) is 18.5 Å². The zero-order chi connectivity index (χ0) is 14.6. The van der Waals surface area contributed by atoms with Gasteiger partial charge in [0.1, 0.15) is 0 Å². The Balaban J connectivity index is 2.08. The van der Waals surface area contributed by atoms with Gasteiger partial charge in [0.05, 0.1) is 17.4 Å². The topological polar surface area (TPSA) is 74.7 Å². The zero-order valence-corrected chi connectivity index (χ0v) is 12.1. The van der Waals surface area contributed by atoms with Crippen LogP contribution in [0.2, 0.25) is 0 Å². The molecule has 1 aromatic carbocycles. The summed E-state index contributed by atoms with van der Waals surface area (Å²) in [5.41, 5.74) is 0.757. The van der Waals surface area contributed by atoms with Crippen molar-refractivity contribution in [2.75, 3.05) is 31.1 Å². The summed E-state index contributed by atoms with van der Waals surface area (Å²) in [6, 6.07) is 9.08. The third-order valence-electron chi connectivity index (χ3n) is 3.59. The number of carboxylic acids is 1. The molecule has 110 valence electrons. The Labute approximate surface area is 119 Å². The molecule has 20 heavy (non-hydrogen) atoms. The van der Waals surface area contributed by atoms with Crippen LogP contribution in [0, 0.1) is 0 Å². The van der Waals surface area contributed by atoms with Crippen molar-refractivity contribution in [2.45, 2.75) is 12.3 Å². The maximum Gasteiger partial charge on any atom is 0.312 e. The van der Waals surface area contributed by atoms with Crippen molar-refractivity contribution in [3.63, 3.8) is 0 Å². The number of sulfone groups is 1. The molecule has 1 aliphatic heterocycles. The van der Waals surface area contributed by atoms with Crippen molar-refractivity contribution in [3.8, 4) is 0 Å². The van der Waals surface area contributed by atoms with Gasteiger partial charge in [-0.1, -0.05) is 30.3 Å². The first-order valence-corrected chi connectivity index (χ1v) is 8.50. The average molecular weight is 297 g/mol. The second-order valence-electron chi connectivity index (χ2n) is 5.11.